The number of carbonyl (C=O) groups is 2. The van der Waals surface area contributed by atoms with E-state index >= 15 is 0 Å². The molecule has 1 amide bonds. The summed E-state index contributed by atoms with van der Waals surface area (Å²) in [6.45, 7) is 0.702. The maximum absolute atomic E-state index is 11.3. The van der Waals surface area contributed by atoms with Gasteiger partial charge in [0.2, 0.25) is 12.2 Å². The van der Waals surface area contributed by atoms with E-state index in [4.69, 9.17) is 9.47 Å². The summed E-state index contributed by atoms with van der Waals surface area (Å²) >= 11 is 0. The number of amides is 1. The highest BCUT2D eigenvalue weighted by atomic mass is 16.7. The lowest BCUT2D eigenvalue weighted by Gasteiger charge is -2.42. The molecule has 0 unspecified atom stereocenters. The van der Waals surface area contributed by atoms with Crippen molar-refractivity contribution < 1.29 is 34.4 Å². The number of benzene rings is 1. The first-order valence-corrected chi connectivity index (χ1v) is 7.08. The van der Waals surface area contributed by atoms with Gasteiger partial charge in [0.1, 0.15) is 30.1 Å². The number of rotatable bonds is 5. The number of ether oxygens (including phenoxy) is 2. The maximum Gasteiger partial charge on any atom is 0.223 e. The molecule has 1 fully saturated rings. The number of aliphatic hydroxyl groups excluding tert-OH is 3. The van der Waals surface area contributed by atoms with Crippen LogP contribution >= 0.6 is 0 Å². The highest BCUT2D eigenvalue weighted by Crippen LogP contribution is 2.26. The van der Waals surface area contributed by atoms with Crippen LogP contribution in [0.5, 0.6) is 5.75 Å². The summed E-state index contributed by atoms with van der Waals surface area (Å²) in [5, 5.41) is 31.7. The first-order valence-electron chi connectivity index (χ1n) is 7.08. The molecule has 1 aliphatic heterocycles. The third-order valence-corrected chi connectivity index (χ3v) is 3.54. The van der Waals surface area contributed by atoms with Crippen LogP contribution < -0.4 is 10.1 Å². The van der Waals surface area contributed by atoms with Crippen LogP contribution in [0.15, 0.2) is 24.3 Å². The summed E-state index contributed by atoms with van der Waals surface area (Å²) in [5.41, 5.74) is 0.263. The molecule has 23 heavy (non-hydrogen) atoms. The van der Waals surface area contributed by atoms with Gasteiger partial charge in [0.05, 0.1) is 12.2 Å². The Bertz CT molecular complexity index is 565. The van der Waals surface area contributed by atoms with E-state index in [-0.39, 0.29) is 11.3 Å². The average molecular weight is 325 g/mol. The molecule has 126 valence electrons. The van der Waals surface area contributed by atoms with Crippen molar-refractivity contribution in [2.45, 2.75) is 37.6 Å². The first kappa shape index (κ1) is 17.4. The van der Waals surface area contributed by atoms with E-state index in [1.807, 2.05) is 0 Å². The van der Waals surface area contributed by atoms with E-state index < -0.39 is 43.2 Å². The largest absolute Gasteiger partial charge is 0.462 e. The number of nitrogens with one attached hydrogen (secondary N) is 1. The molecule has 1 heterocycles. The molecule has 0 saturated carbocycles. The Morgan fingerprint density at radius 1 is 1.35 bits per heavy atom. The molecule has 5 atom stereocenters. The SMILES string of the molecule is CC(=O)N[C@@H]1[C@H](Oc2ccccc2C=O)O[C@@H](CO)[C@H](O)[C@@H]1O. The molecule has 0 radical (unpaired) electrons. The topological polar surface area (TPSA) is 125 Å². The minimum atomic E-state index is -1.40. The number of para-hydroxylation sites is 1. The van der Waals surface area contributed by atoms with Crippen LogP contribution in [0.3, 0.4) is 0 Å². The summed E-state index contributed by atoms with van der Waals surface area (Å²) in [7, 11) is 0. The quantitative estimate of drug-likeness (QED) is 0.502. The molecule has 1 aromatic rings. The number of carbonyl (C=O) groups excluding carboxylic acids is 2. The molecule has 0 bridgehead atoms. The summed E-state index contributed by atoms with van der Waals surface area (Å²) in [5.74, 6) is -0.257. The molecule has 1 aliphatic rings. The van der Waals surface area contributed by atoms with Crippen LogP contribution in [0.1, 0.15) is 17.3 Å². The lowest BCUT2D eigenvalue weighted by Crippen LogP contribution is -2.65. The maximum atomic E-state index is 11.3. The fourth-order valence-electron chi connectivity index (χ4n) is 2.38. The van der Waals surface area contributed by atoms with E-state index in [0.29, 0.717) is 6.29 Å². The molecular formula is C15H19NO7. The number of hydrogen-bond donors (Lipinski definition) is 4. The van der Waals surface area contributed by atoms with Gasteiger partial charge in [-0.15, -0.1) is 0 Å². The Balaban J connectivity index is 2.27. The lowest BCUT2D eigenvalue weighted by atomic mass is 9.97. The fourth-order valence-corrected chi connectivity index (χ4v) is 2.38. The molecule has 0 spiro atoms. The van der Waals surface area contributed by atoms with Gasteiger partial charge >= 0.3 is 0 Å². The van der Waals surface area contributed by atoms with Crippen molar-refractivity contribution in [3.05, 3.63) is 29.8 Å². The minimum absolute atomic E-state index is 0.197. The van der Waals surface area contributed by atoms with Gasteiger partial charge in [-0.25, -0.2) is 0 Å². The molecule has 1 saturated heterocycles. The third kappa shape index (κ3) is 3.85. The highest BCUT2D eigenvalue weighted by Gasteiger charge is 2.46. The minimum Gasteiger partial charge on any atom is -0.462 e. The predicted molar refractivity (Wildman–Crippen MR) is 77.8 cm³/mol. The Labute approximate surface area is 132 Å². The Morgan fingerprint density at radius 2 is 2.04 bits per heavy atom. The molecule has 0 aliphatic carbocycles. The van der Waals surface area contributed by atoms with E-state index in [1.54, 1.807) is 12.1 Å². The Hall–Kier alpha value is -2.00. The lowest BCUT2D eigenvalue weighted by molar-refractivity contribution is -0.244. The first-order chi connectivity index (χ1) is 11.0. The number of aldehydes is 1. The van der Waals surface area contributed by atoms with Gasteiger partial charge in [-0.1, -0.05) is 12.1 Å². The molecule has 0 aromatic heterocycles. The van der Waals surface area contributed by atoms with Crippen LogP contribution in [0.25, 0.3) is 0 Å². The summed E-state index contributed by atoms with van der Waals surface area (Å²) in [6, 6.07) is 5.30. The van der Waals surface area contributed by atoms with Crippen LogP contribution in [0, 0.1) is 0 Å². The molecule has 2 rings (SSSR count). The van der Waals surface area contributed by atoms with Gasteiger partial charge in [-0.3, -0.25) is 9.59 Å². The summed E-state index contributed by atoms with van der Waals surface area (Å²) in [6.07, 6.45) is -4.46. The average Bonchev–Trinajstić information content (AvgIpc) is 2.54. The molecule has 4 N–H and O–H groups in total. The van der Waals surface area contributed by atoms with Crippen molar-refractivity contribution in [2.24, 2.45) is 0 Å². The number of aliphatic hydroxyl groups is 3. The highest BCUT2D eigenvalue weighted by molar-refractivity contribution is 5.79. The fraction of sp³-hybridized carbons (Fsp3) is 0.467. The molecule has 8 nitrogen and oxygen atoms in total. The Morgan fingerprint density at radius 3 is 2.65 bits per heavy atom. The third-order valence-electron chi connectivity index (χ3n) is 3.54. The van der Waals surface area contributed by atoms with Gasteiger partial charge in [-0.2, -0.15) is 0 Å². The van der Waals surface area contributed by atoms with E-state index in [9.17, 15) is 24.9 Å². The van der Waals surface area contributed by atoms with Crippen molar-refractivity contribution in [3.63, 3.8) is 0 Å². The monoisotopic (exact) mass is 325 g/mol. The van der Waals surface area contributed by atoms with Crippen LogP contribution in [-0.4, -0.2) is 64.8 Å². The predicted octanol–water partition coefficient (Wildman–Crippen LogP) is -1.18. The van der Waals surface area contributed by atoms with Gasteiger partial charge < -0.3 is 30.1 Å². The van der Waals surface area contributed by atoms with Gasteiger partial charge in [0.25, 0.3) is 0 Å². The summed E-state index contributed by atoms with van der Waals surface area (Å²) < 4.78 is 11.0. The Kier molecular flexibility index (Phi) is 5.67. The van der Waals surface area contributed by atoms with E-state index in [2.05, 4.69) is 5.32 Å². The standard InChI is InChI=1S/C15H19NO7/c1-8(19)16-12-14(21)13(20)11(7-18)23-15(12)22-10-5-3-2-4-9(10)6-17/h2-6,11-15,18,20-21H,7H2,1H3,(H,16,19)/t11-,12-,13-,14+,15+/m0/s1. The number of hydrogen-bond acceptors (Lipinski definition) is 7. The normalized spacial score (nSPS) is 30.5. The second-order valence-electron chi connectivity index (χ2n) is 5.21. The van der Waals surface area contributed by atoms with Crippen LogP contribution in [0.2, 0.25) is 0 Å². The van der Waals surface area contributed by atoms with Crippen LogP contribution in [-0.2, 0) is 9.53 Å². The van der Waals surface area contributed by atoms with Crippen molar-refractivity contribution in [3.8, 4) is 5.75 Å². The summed E-state index contributed by atoms with van der Waals surface area (Å²) in [4.78, 5) is 22.4. The van der Waals surface area contributed by atoms with Gasteiger partial charge in [-0.05, 0) is 12.1 Å². The van der Waals surface area contributed by atoms with Crippen molar-refractivity contribution >= 4 is 12.2 Å². The van der Waals surface area contributed by atoms with Crippen LogP contribution in [0.4, 0.5) is 0 Å². The second kappa shape index (κ2) is 7.51. The van der Waals surface area contributed by atoms with Crippen molar-refractivity contribution in [2.75, 3.05) is 6.61 Å². The zero-order valence-corrected chi connectivity index (χ0v) is 12.5. The van der Waals surface area contributed by atoms with E-state index in [1.165, 1.54) is 19.1 Å². The molecule has 1 aromatic carbocycles. The van der Waals surface area contributed by atoms with Gasteiger partial charge in [0.15, 0.2) is 6.29 Å². The zero-order chi connectivity index (χ0) is 17.0. The van der Waals surface area contributed by atoms with Gasteiger partial charge in [0, 0.05) is 6.92 Å². The molecular weight excluding hydrogens is 306 g/mol. The molecule has 8 heteroatoms. The van der Waals surface area contributed by atoms with E-state index in [0.717, 1.165) is 0 Å². The van der Waals surface area contributed by atoms with Crippen molar-refractivity contribution in [1.82, 2.24) is 5.32 Å². The smallest absolute Gasteiger partial charge is 0.223 e. The van der Waals surface area contributed by atoms with Crippen molar-refractivity contribution in [1.29, 1.82) is 0 Å². The second-order valence-corrected chi connectivity index (χ2v) is 5.21. The zero-order valence-electron chi connectivity index (χ0n) is 12.5.